The monoisotopic (exact) mass is 213 g/mol. The van der Waals surface area contributed by atoms with Crippen molar-refractivity contribution in [2.24, 2.45) is 5.73 Å². The van der Waals surface area contributed by atoms with Gasteiger partial charge in [-0.3, -0.25) is 4.79 Å². The number of hydrogen-bond acceptors (Lipinski definition) is 3. The number of rotatable bonds is 4. The SMILES string of the molecule is CCN(CC1CCCN1C)C(=O)C(C)N. The zero-order valence-electron chi connectivity index (χ0n) is 10.1. The first-order chi connectivity index (χ1) is 7.06. The van der Waals surface area contributed by atoms with E-state index in [-0.39, 0.29) is 11.9 Å². The molecule has 1 saturated heterocycles. The minimum atomic E-state index is -0.378. The van der Waals surface area contributed by atoms with E-state index in [1.807, 2.05) is 11.8 Å². The molecule has 4 heteroatoms. The van der Waals surface area contributed by atoms with Crippen LogP contribution in [0.3, 0.4) is 0 Å². The lowest BCUT2D eigenvalue weighted by Crippen LogP contribution is -2.47. The molecule has 0 spiro atoms. The van der Waals surface area contributed by atoms with E-state index >= 15 is 0 Å². The lowest BCUT2D eigenvalue weighted by atomic mass is 10.2. The normalized spacial score (nSPS) is 24.1. The smallest absolute Gasteiger partial charge is 0.239 e. The van der Waals surface area contributed by atoms with Gasteiger partial charge in [-0.15, -0.1) is 0 Å². The third kappa shape index (κ3) is 3.18. The molecule has 1 amide bonds. The quantitative estimate of drug-likeness (QED) is 0.729. The number of carbonyl (C=O) groups excluding carboxylic acids is 1. The average molecular weight is 213 g/mol. The van der Waals surface area contributed by atoms with Gasteiger partial charge in [0.05, 0.1) is 6.04 Å². The molecule has 1 rings (SSSR count). The molecule has 1 heterocycles. The van der Waals surface area contributed by atoms with E-state index < -0.39 is 0 Å². The van der Waals surface area contributed by atoms with Gasteiger partial charge in [-0.05, 0) is 40.3 Å². The Morgan fingerprint density at radius 3 is 2.73 bits per heavy atom. The van der Waals surface area contributed by atoms with Crippen molar-refractivity contribution in [1.82, 2.24) is 9.80 Å². The Hall–Kier alpha value is -0.610. The van der Waals surface area contributed by atoms with Crippen molar-refractivity contribution >= 4 is 5.91 Å². The lowest BCUT2D eigenvalue weighted by Gasteiger charge is -2.29. The Kier molecular flexibility index (Phi) is 4.54. The van der Waals surface area contributed by atoms with Crippen molar-refractivity contribution in [2.45, 2.75) is 38.8 Å². The van der Waals surface area contributed by atoms with Crippen LogP contribution in [0.1, 0.15) is 26.7 Å². The molecule has 0 radical (unpaired) electrons. The number of nitrogens with zero attached hydrogens (tertiary/aromatic N) is 2. The van der Waals surface area contributed by atoms with Crippen molar-refractivity contribution < 1.29 is 4.79 Å². The molecule has 0 aromatic rings. The third-order valence-electron chi connectivity index (χ3n) is 3.19. The van der Waals surface area contributed by atoms with Crippen LogP contribution >= 0.6 is 0 Å². The van der Waals surface area contributed by atoms with E-state index in [1.54, 1.807) is 6.92 Å². The predicted molar refractivity (Wildman–Crippen MR) is 61.6 cm³/mol. The highest BCUT2D eigenvalue weighted by Gasteiger charge is 2.25. The summed E-state index contributed by atoms with van der Waals surface area (Å²) < 4.78 is 0. The fourth-order valence-electron chi connectivity index (χ4n) is 2.13. The molecule has 4 nitrogen and oxygen atoms in total. The predicted octanol–water partition coefficient (Wildman–Crippen LogP) is 0.276. The molecule has 88 valence electrons. The van der Waals surface area contributed by atoms with E-state index in [0.717, 1.165) is 19.6 Å². The topological polar surface area (TPSA) is 49.6 Å². The first-order valence-corrected chi connectivity index (χ1v) is 5.80. The van der Waals surface area contributed by atoms with Gasteiger partial charge in [0.2, 0.25) is 5.91 Å². The van der Waals surface area contributed by atoms with Gasteiger partial charge in [-0.2, -0.15) is 0 Å². The molecule has 2 atom stereocenters. The first kappa shape index (κ1) is 12.5. The van der Waals surface area contributed by atoms with Crippen LogP contribution in [-0.4, -0.2) is 54.5 Å². The van der Waals surface area contributed by atoms with Crippen molar-refractivity contribution in [3.63, 3.8) is 0 Å². The van der Waals surface area contributed by atoms with Crippen LogP contribution in [0.5, 0.6) is 0 Å². The molecule has 1 aliphatic heterocycles. The van der Waals surface area contributed by atoms with Gasteiger partial charge in [-0.25, -0.2) is 0 Å². The molecule has 2 N–H and O–H groups in total. The minimum absolute atomic E-state index is 0.0674. The van der Waals surface area contributed by atoms with Crippen LogP contribution in [0, 0.1) is 0 Å². The van der Waals surface area contributed by atoms with Crippen molar-refractivity contribution in [3.05, 3.63) is 0 Å². The van der Waals surface area contributed by atoms with Gasteiger partial charge in [0, 0.05) is 19.1 Å². The zero-order chi connectivity index (χ0) is 11.4. The molecular formula is C11H23N3O. The summed E-state index contributed by atoms with van der Waals surface area (Å²) in [4.78, 5) is 16.0. The Labute approximate surface area is 92.4 Å². The highest BCUT2D eigenvalue weighted by Crippen LogP contribution is 2.16. The van der Waals surface area contributed by atoms with Gasteiger partial charge < -0.3 is 15.5 Å². The van der Waals surface area contributed by atoms with Gasteiger partial charge in [0.15, 0.2) is 0 Å². The number of likely N-dealkylation sites (tertiary alicyclic amines) is 1. The molecule has 15 heavy (non-hydrogen) atoms. The maximum atomic E-state index is 11.8. The number of likely N-dealkylation sites (N-methyl/N-ethyl adjacent to an activating group) is 2. The Morgan fingerprint density at radius 1 is 1.67 bits per heavy atom. The van der Waals surface area contributed by atoms with Crippen LogP contribution < -0.4 is 5.73 Å². The van der Waals surface area contributed by atoms with E-state index in [2.05, 4.69) is 11.9 Å². The third-order valence-corrected chi connectivity index (χ3v) is 3.19. The molecule has 1 fully saturated rings. The molecule has 1 aliphatic rings. The summed E-state index contributed by atoms with van der Waals surface area (Å²) >= 11 is 0. The Bertz CT molecular complexity index is 218. The molecule has 2 unspecified atom stereocenters. The lowest BCUT2D eigenvalue weighted by molar-refractivity contribution is -0.132. The van der Waals surface area contributed by atoms with Crippen molar-refractivity contribution in [1.29, 1.82) is 0 Å². The maximum Gasteiger partial charge on any atom is 0.239 e. The maximum absolute atomic E-state index is 11.8. The van der Waals surface area contributed by atoms with Crippen LogP contribution in [0.15, 0.2) is 0 Å². The first-order valence-electron chi connectivity index (χ1n) is 5.80. The van der Waals surface area contributed by atoms with Crippen molar-refractivity contribution in [3.8, 4) is 0 Å². The molecule has 0 bridgehead atoms. The summed E-state index contributed by atoms with van der Waals surface area (Å²) in [6, 6.07) is 0.143. The van der Waals surface area contributed by atoms with E-state index in [0.29, 0.717) is 6.04 Å². The van der Waals surface area contributed by atoms with Gasteiger partial charge >= 0.3 is 0 Å². The highest BCUT2D eigenvalue weighted by molar-refractivity contribution is 5.81. The Balaban J connectivity index is 2.49. The number of amides is 1. The zero-order valence-corrected chi connectivity index (χ0v) is 10.1. The fraction of sp³-hybridized carbons (Fsp3) is 0.909. The molecule has 0 saturated carbocycles. The number of nitrogens with two attached hydrogens (primary N) is 1. The van der Waals surface area contributed by atoms with E-state index in [1.165, 1.54) is 12.8 Å². The largest absolute Gasteiger partial charge is 0.340 e. The van der Waals surface area contributed by atoms with Gasteiger partial charge in [0.1, 0.15) is 0 Å². The van der Waals surface area contributed by atoms with Gasteiger partial charge in [0.25, 0.3) is 0 Å². The summed E-state index contributed by atoms with van der Waals surface area (Å²) in [6.45, 7) is 6.49. The molecular weight excluding hydrogens is 190 g/mol. The summed E-state index contributed by atoms with van der Waals surface area (Å²) in [6.07, 6.45) is 2.43. The second-order valence-corrected chi connectivity index (χ2v) is 4.44. The molecule has 0 aromatic heterocycles. The second kappa shape index (κ2) is 5.47. The minimum Gasteiger partial charge on any atom is -0.340 e. The highest BCUT2D eigenvalue weighted by atomic mass is 16.2. The van der Waals surface area contributed by atoms with Crippen molar-refractivity contribution in [2.75, 3.05) is 26.7 Å². The second-order valence-electron chi connectivity index (χ2n) is 4.44. The summed E-state index contributed by atoms with van der Waals surface area (Å²) in [5.41, 5.74) is 5.62. The Morgan fingerprint density at radius 2 is 2.33 bits per heavy atom. The van der Waals surface area contributed by atoms with E-state index in [4.69, 9.17) is 5.73 Å². The van der Waals surface area contributed by atoms with E-state index in [9.17, 15) is 4.79 Å². The molecule has 0 aliphatic carbocycles. The molecule has 0 aromatic carbocycles. The van der Waals surface area contributed by atoms with Crippen LogP contribution in [0.25, 0.3) is 0 Å². The van der Waals surface area contributed by atoms with Crippen LogP contribution in [0.4, 0.5) is 0 Å². The summed E-state index contributed by atoms with van der Waals surface area (Å²) in [7, 11) is 2.13. The van der Waals surface area contributed by atoms with Gasteiger partial charge in [-0.1, -0.05) is 0 Å². The van der Waals surface area contributed by atoms with Crippen LogP contribution in [0.2, 0.25) is 0 Å². The number of hydrogen-bond donors (Lipinski definition) is 1. The average Bonchev–Trinajstić information content (AvgIpc) is 2.59. The standard InChI is InChI=1S/C11H23N3O/c1-4-14(11(15)9(2)12)8-10-6-5-7-13(10)3/h9-10H,4-8,12H2,1-3H3. The summed E-state index contributed by atoms with van der Waals surface area (Å²) in [5, 5.41) is 0. The van der Waals surface area contributed by atoms with Crippen LogP contribution in [-0.2, 0) is 4.79 Å². The fourth-order valence-corrected chi connectivity index (χ4v) is 2.13. The summed E-state index contributed by atoms with van der Waals surface area (Å²) in [5.74, 6) is 0.0674. The number of carbonyl (C=O) groups is 1.